The molecule has 0 aliphatic heterocycles. The van der Waals surface area contributed by atoms with Gasteiger partial charge in [-0.25, -0.2) is 0 Å². The van der Waals surface area contributed by atoms with E-state index in [1.54, 1.807) is 6.92 Å². The zero-order valence-corrected chi connectivity index (χ0v) is 13.7. The van der Waals surface area contributed by atoms with Crippen LogP contribution >= 0.6 is 23.1 Å². The van der Waals surface area contributed by atoms with Gasteiger partial charge in [0.1, 0.15) is 5.00 Å². The Morgan fingerprint density at radius 1 is 1.29 bits per heavy atom. The highest BCUT2D eigenvalue weighted by molar-refractivity contribution is 8.14. The highest BCUT2D eigenvalue weighted by Gasteiger charge is 2.26. The van der Waals surface area contributed by atoms with Gasteiger partial charge in [-0.05, 0) is 38.2 Å². The van der Waals surface area contributed by atoms with Crippen LogP contribution < -0.4 is 11.1 Å². The zero-order valence-electron chi connectivity index (χ0n) is 12.0. The fourth-order valence-corrected chi connectivity index (χ4v) is 4.39. The number of nitrogens with two attached hydrogens (primary N) is 1. The van der Waals surface area contributed by atoms with Crippen LogP contribution in [0.25, 0.3) is 0 Å². The number of thiophene rings is 1. The quantitative estimate of drug-likeness (QED) is 0.888. The number of fused-ring (bicyclic) bond motifs is 1. The number of carbonyl (C=O) groups is 3. The van der Waals surface area contributed by atoms with Gasteiger partial charge in [-0.3, -0.25) is 14.4 Å². The second-order valence-corrected chi connectivity index (χ2v) is 7.64. The van der Waals surface area contributed by atoms with Crippen LogP contribution in [0.2, 0.25) is 0 Å². The molecule has 0 unspecified atom stereocenters. The van der Waals surface area contributed by atoms with Gasteiger partial charge in [-0.15, -0.1) is 11.3 Å². The summed E-state index contributed by atoms with van der Waals surface area (Å²) >= 11 is 2.40. The molecule has 2 amide bonds. The van der Waals surface area contributed by atoms with Crippen molar-refractivity contribution < 1.29 is 14.4 Å². The number of anilines is 1. The van der Waals surface area contributed by atoms with Crippen LogP contribution in [0.15, 0.2) is 0 Å². The molecule has 1 aromatic heterocycles. The summed E-state index contributed by atoms with van der Waals surface area (Å²) in [6.45, 7) is 3.09. The summed E-state index contributed by atoms with van der Waals surface area (Å²) in [5, 5.41) is 2.67. The van der Waals surface area contributed by atoms with Gasteiger partial charge in [0.15, 0.2) is 5.12 Å². The average molecular weight is 326 g/mol. The molecule has 1 aromatic rings. The van der Waals surface area contributed by atoms with Crippen molar-refractivity contribution in [2.45, 2.75) is 44.8 Å². The van der Waals surface area contributed by atoms with Crippen molar-refractivity contribution >= 4 is 45.0 Å². The summed E-state index contributed by atoms with van der Waals surface area (Å²) in [7, 11) is 0. The van der Waals surface area contributed by atoms with E-state index in [-0.39, 0.29) is 11.0 Å². The number of aryl methyl sites for hydroxylation is 1. The molecule has 114 valence electrons. The molecule has 0 aromatic carbocycles. The number of carbonyl (C=O) groups excluding carboxylic acids is 3. The molecule has 0 saturated carbocycles. The van der Waals surface area contributed by atoms with Gasteiger partial charge in [0.25, 0.3) is 5.91 Å². The standard InChI is InChI=1S/C14H18N2O3S2/c1-7(20-8(2)17)13(19)16-14-11(12(15)18)9-5-3-4-6-10(9)21-14/h7H,3-6H2,1-2H3,(H2,15,18)(H,16,19)/t7-/m1/s1. The lowest BCUT2D eigenvalue weighted by molar-refractivity contribution is -0.116. The monoisotopic (exact) mass is 326 g/mol. The van der Waals surface area contributed by atoms with E-state index in [0.717, 1.165) is 47.9 Å². The number of nitrogens with one attached hydrogen (secondary N) is 1. The third kappa shape index (κ3) is 3.65. The maximum absolute atomic E-state index is 12.1. The van der Waals surface area contributed by atoms with Gasteiger partial charge in [-0.1, -0.05) is 11.8 Å². The predicted molar refractivity (Wildman–Crippen MR) is 85.8 cm³/mol. The van der Waals surface area contributed by atoms with Crippen LogP contribution in [0.1, 0.15) is 47.5 Å². The normalized spacial score (nSPS) is 15.1. The minimum atomic E-state index is -0.503. The van der Waals surface area contributed by atoms with Crippen LogP contribution in [0.5, 0.6) is 0 Å². The third-order valence-corrected chi connectivity index (χ3v) is 5.47. The SMILES string of the molecule is CC(=O)S[C@H](C)C(=O)Nc1sc2c(c1C(N)=O)CCCC2. The van der Waals surface area contributed by atoms with Crippen LogP contribution in [0, 0.1) is 0 Å². The zero-order chi connectivity index (χ0) is 15.6. The number of primary amides is 1. The molecule has 1 heterocycles. The molecule has 0 saturated heterocycles. The van der Waals surface area contributed by atoms with Crippen molar-refractivity contribution in [3.8, 4) is 0 Å². The first-order valence-corrected chi connectivity index (χ1v) is 8.52. The maximum Gasteiger partial charge on any atom is 0.251 e. The number of hydrogen-bond donors (Lipinski definition) is 2. The van der Waals surface area contributed by atoms with Crippen LogP contribution in [-0.4, -0.2) is 22.2 Å². The van der Waals surface area contributed by atoms with E-state index in [0.29, 0.717) is 10.6 Å². The van der Waals surface area contributed by atoms with Crippen molar-refractivity contribution in [2.24, 2.45) is 5.73 Å². The summed E-state index contributed by atoms with van der Waals surface area (Å²) in [4.78, 5) is 36.0. The van der Waals surface area contributed by atoms with Crippen LogP contribution in [0.3, 0.4) is 0 Å². The van der Waals surface area contributed by atoms with E-state index in [9.17, 15) is 14.4 Å². The smallest absolute Gasteiger partial charge is 0.251 e. The fourth-order valence-electron chi connectivity index (χ4n) is 2.43. The first kappa shape index (κ1) is 16.0. The second-order valence-electron chi connectivity index (χ2n) is 5.02. The highest BCUT2D eigenvalue weighted by Crippen LogP contribution is 2.38. The predicted octanol–water partition coefficient (Wildman–Crippen LogP) is 2.33. The molecule has 21 heavy (non-hydrogen) atoms. The molecule has 1 aliphatic carbocycles. The molecular formula is C14H18N2O3S2. The summed E-state index contributed by atoms with van der Waals surface area (Å²) in [5.74, 6) is -0.784. The lowest BCUT2D eigenvalue weighted by Crippen LogP contribution is -2.25. The summed E-state index contributed by atoms with van der Waals surface area (Å²) < 4.78 is 0. The van der Waals surface area contributed by atoms with E-state index in [4.69, 9.17) is 5.73 Å². The highest BCUT2D eigenvalue weighted by atomic mass is 32.2. The number of thioether (sulfide) groups is 1. The largest absolute Gasteiger partial charge is 0.365 e. The van der Waals surface area contributed by atoms with E-state index in [1.165, 1.54) is 18.3 Å². The Balaban J connectivity index is 2.23. The van der Waals surface area contributed by atoms with Crippen LogP contribution in [-0.2, 0) is 22.4 Å². The van der Waals surface area contributed by atoms with Gasteiger partial charge in [0, 0.05) is 11.8 Å². The van der Waals surface area contributed by atoms with Crippen molar-refractivity contribution in [1.82, 2.24) is 0 Å². The topological polar surface area (TPSA) is 89.3 Å². The molecule has 1 atom stereocenters. The Morgan fingerprint density at radius 2 is 1.95 bits per heavy atom. The average Bonchev–Trinajstić information content (AvgIpc) is 2.75. The summed E-state index contributed by atoms with van der Waals surface area (Å²) in [5.41, 5.74) is 6.91. The van der Waals surface area contributed by atoms with Gasteiger partial charge in [0.2, 0.25) is 5.91 Å². The molecule has 7 heteroatoms. The molecule has 5 nitrogen and oxygen atoms in total. The minimum Gasteiger partial charge on any atom is -0.365 e. The molecule has 0 spiro atoms. The van der Waals surface area contributed by atoms with Gasteiger partial charge >= 0.3 is 0 Å². The number of amides is 2. The first-order valence-electron chi connectivity index (χ1n) is 6.82. The van der Waals surface area contributed by atoms with Crippen molar-refractivity contribution in [3.63, 3.8) is 0 Å². The third-order valence-electron chi connectivity index (χ3n) is 3.37. The number of hydrogen-bond acceptors (Lipinski definition) is 5. The van der Waals surface area contributed by atoms with E-state index < -0.39 is 11.2 Å². The lowest BCUT2D eigenvalue weighted by Gasteiger charge is -2.11. The Labute approximate surface area is 131 Å². The molecule has 1 aliphatic rings. The molecular weight excluding hydrogens is 308 g/mol. The first-order chi connectivity index (χ1) is 9.90. The molecule has 2 rings (SSSR count). The van der Waals surface area contributed by atoms with Crippen molar-refractivity contribution in [1.29, 1.82) is 0 Å². The van der Waals surface area contributed by atoms with Crippen LogP contribution in [0.4, 0.5) is 5.00 Å². The molecule has 3 N–H and O–H groups in total. The summed E-state index contributed by atoms with van der Waals surface area (Å²) in [6, 6.07) is 0. The van der Waals surface area contributed by atoms with E-state index in [1.807, 2.05) is 0 Å². The van der Waals surface area contributed by atoms with Gasteiger partial charge < -0.3 is 11.1 Å². The molecule has 0 bridgehead atoms. The Kier molecular flexibility index (Phi) is 5.05. The molecule has 0 radical (unpaired) electrons. The molecule has 0 fully saturated rings. The fraction of sp³-hybridized carbons (Fsp3) is 0.500. The van der Waals surface area contributed by atoms with Crippen molar-refractivity contribution in [2.75, 3.05) is 5.32 Å². The maximum atomic E-state index is 12.1. The Bertz CT molecular complexity index is 595. The lowest BCUT2D eigenvalue weighted by atomic mass is 9.95. The van der Waals surface area contributed by atoms with Gasteiger partial charge in [-0.2, -0.15) is 0 Å². The second kappa shape index (κ2) is 6.62. The van der Waals surface area contributed by atoms with E-state index in [2.05, 4.69) is 5.32 Å². The van der Waals surface area contributed by atoms with Crippen molar-refractivity contribution in [3.05, 3.63) is 16.0 Å². The number of rotatable bonds is 4. The van der Waals surface area contributed by atoms with E-state index >= 15 is 0 Å². The van der Waals surface area contributed by atoms with Gasteiger partial charge in [0.05, 0.1) is 10.8 Å². The Morgan fingerprint density at radius 3 is 2.57 bits per heavy atom. The Hall–Kier alpha value is -1.34. The minimum absolute atomic E-state index is 0.113. The summed E-state index contributed by atoms with van der Waals surface area (Å²) in [6.07, 6.45) is 3.88.